The molecule has 2 rings (SSSR count). The van der Waals surface area contributed by atoms with Gasteiger partial charge in [0.15, 0.2) is 0 Å². The van der Waals surface area contributed by atoms with Crippen LogP contribution in [0.1, 0.15) is 47.0 Å². The molecule has 1 fully saturated rings. The summed E-state index contributed by atoms with van der Waals surface area (Å²) in [6, 6.07) is 0. The Labute approximate surface area is 123 Å². The van der Waals surface area contributed by atoms with Crippen LogP contribution in [-0.4, -0.2) is 37.0 Å². The van der Waals surface area contributed by atoms with Crippen molar-refractivity contribution in [1.29, 1.82) is 0 Å². The van der Waals surface area contributed by atoms with Gasteiger partial charge in [-0.15, -0.1) is 0 Å². The molecular formula is C17H28N2O. The Morgan fingerprint density at radius 2 is 2.00 bits per heavy atom. The van der Waals surface area contributed by atoms with Gasteiger partial charge >= 0.3 is 0 Å². The molecule has 1 amide bonds. The number of hydrogen-bond donors (Lipinski definition) is 1. The van der Waals surface area contributed by atoms with E-state index in [9.17, 15) is 4.79 Å². The van der Waals surface area contributed by atoms with Crippen LogP contribution in [0.4, 0.5) is 0 Å². The Morgan fingerprint density at radius 1 is 1.30 bits per heavy atom. The molecule has 112 valence electrons. The Hall–Kier alpha value is -1.09. The molecule has 0 atom stereocenters. The van der Waals surface area contributed by atoms with Crippen LogP contribution in [-0.2, 0) is 4.79 Å². The lowest BCUT2D eigenvalue weighted by atomic mass is 9.98. The SMILES string of the molecule is CCCN1CC(C)=C(C(C(=O)NCC2CC2)=C(C)C)C1. The summed E-state index contributed by atoms with van der Waals surface area (Å²) in [5.74, 6) is 0.859. The van der Waals surface area contributed by atoms with E-state index in [4.69, 9.17) is 0 Å². The van der Waals surface area contributed by atoms with Crippen LogP contribution in [0.15, 0.2) is 22.3 Å². The van der Waals surface area contributed by atoms with Gasteiger partial charge in [0.1, 0.15) is 0 Å². The van der Waals surface area contributed by atoms with Crippen LogP contribution >= 0.6 is 0 Å². The van der Waals surface area contributed by atoms with E-state index in [1.165, 1.54) is 30.4 Å². The van der Waals surface area contributed by atoms with Crippen molar-refractivity contribution in [3.05, 3.63) is 22.3 Å². The van der Waals surface area contributed by atoms with Gasteiger partial charge in [-0.25, -0.2) is 0 Å². The Kier molecular flexibility index (Phi) is 5.03. The van der Waals surface area contributed by atoms with Gasteiger partial charge < -0.3 is 5.32 Å². The summed E-state index contributed by atoms with van der Waals surface area (Å²) in [5, 5.41) is 3.12. The molecule has 0 unspecified atom stereocenters. The Morgan fingerprint density at radius 3 is 2.55 bits per heavy atom. The van der Waals surface area contributed by atoms with Crippen LogP contribution in [0.25, 0.3) is 0 Å². The average Bonchev–Trinajstić information content (AvgIpc) is 3.13. The zero-order valence-corrected chi connectivity index (χ0v) is 13.4. The smallest absolute Gasteiger partial charge is 0.251 e. The molecule has 3 nitrogen and oxygen atoms in total. The van der Waals surface area contributed by atoms with E-state index < -0.39 is 0 Å². The van der Waals surface area contributed by atoms with Gasteiger partial charge in [-0.1, -0.05) is 18.1 Å². The van der Waals surface area contributed by atoms with Crippen LogP contribution in [0.5, 0.6) is 0 Å². The topological polar surface area (TPSA) is 32.3 Å². The molecule has 1 aliphatic heterocycles. The van der Waals surface area contributed by atoms with Crippen molar-refractivity contribution < 1.29 is 4.79 Å². The summed E-state index contributed by atoms with van der Waals surface area (Å²) in [4.78, 5) is 14.9. The standard InChI is InChI=1S/C17H28N2O/c1-5-8-19-10-13(4)15(11-19)16(12(2)3)17(20)18-9-14-6-7-14/h14H,5-11H2,1-4H3,(H,18,20). The van der Waals surface area contributed by atoms with Gasteiger partial charge in [-0.3, -0.25) is 9.69 Å². The van der Waals surface area contributed by atoms with Crippen molar-refractivity contribution >= 4 is 5.91 Å². The third kappa shape index (κ3) is 3.72. The second-order valence-electron chi connectivity index (χ2n) is 6.50. The predicted octanol–water partition coefficient (Wildman–Crippen LogP) is 2.89. The molecule has 0 aromatic rings. The van der Waals surface area contributed by atoms with Crippen molar-refractivity contribution in [2.75, 3.05) is 26.2 Å². The Balaban J connectivity index is 2.06. The minimum Gasteiger partial charge on any atom is -0.352 e. The number of hydrogen-bond acceptors (Lipinski definition) is 2. The van der Waals surface area contributed by atoms with Gasteiger partial charge in [-0.05, 0) is 58.1 Å². The number of nitrogens with zero attached hydrogens (tertiary/aromatic N) is 1. The van der Waals surface area contributed by atoms with Crippen LogP contribution in [0.2, 0.25) is 0 Å². The van der Waals surface area contributed by atoms with E-state index in [1.54, 1.807) is 0 Å². The van der Waals surface area contributed by atoms with Crippen molar-refractivity contribution in [2.45, 2.75) is 47.0 Å². The molecule has 0 aromatic heterocycles. The molecular weight excluding hydrogens is 248 g/mol. The molecule has 1 saturated carbocycles. The van der Waals surface area contributed by atoms with Crippen LogP contribution in [0.3, 0.4) is 0 Å². The van der Waals surface area contributed by atoms with Crippen LogP contribution in [0, 0.1) is 5.92 Å². The molecule has 1 N–H and O–H groups in total. The lowest BCUT2D eigenvalue weighted by Gasteiger charge is -2.16. The fraction of sp³-hybridized carbons (Fsp3) is 0.706. The second-order valence-corrected chi connectivity index (χ2v) is 6.50. The van der Waals surface area contributed by atoms with Gasteiger partial charge in [0, 0.05) is 25.2 Å². The minimum atomic E-state index is 0.129. The number of carbonyl (C=O) groups excluding carboxylic acids is 1. The van der Waals surface area contributed by atoms with E-state index in [0.29, 0.717) is 0 Å². The molecule has 2 aliphatic rings. The van der Waals surface area contributed by atoms with Crippen molar-refractivity contribution in [3.63, 3.8) is 0 Å². The molecule has 0 radical (unpaired) electrons. The highest BCUT2D eigenvalue weighted by molar-refractivity contribution is 5.99. The normalized spacial score (nSPS) is 19.4. The van der Waals surface area contributed by atoms with E-state index in [-0.39, 0.29) is 5.91 Å². The van der Waals surface area contributed by atoms with Crippen molar-refractivity contribution in [2.24, 2.45) is 5.92 Å². The largest absolute Gasteiger partial charge is 0.352 e. The molecule has 0 saturated heterocycles. The monoisotopic (exact) mass is 276 g/mol. The molecule has 1 aliphatic carbocycles. The molecule has 0 aromatic carbocycles. The third-order valence-corrected chi connectivity index (χ3v) is 4.17. The molecule has 20 heavy (non-hydrogen) atoms. The average molecular weight is 276 g/mol. The number of allylic oxidation sites excluding steroid dienone is 1. The van der Waals surface area contributed by atoms with Crippen LogP contribution < -0.4 is 5.32 Å². The van der Waals surface area contributed by atoms with E-state index in [1.807, 2.05) is 0 Å². The molecule has 3 heteroatoms. The summed E-state index contributed by atoms with van der Waals surface area (Å²) in [6.45, 7) is 12.4. The first-order valence-corrected chi connectivity index (χ1v) is 7.90. The molecule has 0 spiro atoms. The minimum absolute atomic E-state index is 0.129. The second kappa shape index (κ2) is 6.57. The Bertz CT molecular complexity index is 440. The van der Waals surface area contributed by atoms with Gasteiger partial charge in [0.2, 0.25) is 0 Å². The number of amides is 1. The lowest BCUT2D eigenvalue weighted by molar-refractivity contribution is -0.117. The first-order chi connectivity index (χ1) is 9.52. The third-order valence-electron chi connectivity index (χ3n) is 4.17. The summed E-state index contributed by atoms with van der Waals surface area (Å²) in [5.41, 5.74) is 4.68. The quantitative estimate of drug-likeness (QED) is 0.757. The number of carbonyl (C=O) groups is 1. The summed E-state index contributed by atoms with van der Waals surface area (Å²) < 4.78 is 0. The van der Waals surface area contributed by atoms with Crippen molar-refractivity contribution in [3.8, 4) is 0 Å². The maximum atomic E-state index is 12.5. The summed E-state index contributed by atoms with van der Waals surface area (Å²) in [6.07, 6.45) is 3.71. The molecule has 0 bridgehead atoms. The van der Waals surface area contributed by atoms with E-state index >= 15 is 0 Å². The van der Waals surface area contributed by atoms with Gasteiger partial charge in [-0.2, -0.15) is 0 Å². The predicted molar refractivity (Wildman–Crippen MR) is 83.5 cm³/mol. The lowest BCUT2D eigenvalue weighted by Crippen LogP contribution is -2.30. The van der Waals surface area contributed by atoms with Gasteiger partial charge in [0.25, 0.3) is 5.91 Å². The molecule has 1 heterocycles. The highest BCUT2D eigenvalue weighted by Crippen LogP contribution is 2.29. The number of nitrogens with one attached hydrogen (secondary N) is 1. The highest BCUT2D eigenvalue weighted by atomic mass is 16.1. The fourth-order valence-corrected chi connectivity index (χ4v) is 2.93. The summed E-state index contributed by atoms with van der Waals surface area (Å²) in [7, 11) is 0. The zero-order chi connectivity index (χ0) is 14.7. The zero-order valence-electron chi connectivity index (χ0n) is 13.4. The fourth-order valence-electron chi connectivity index (χ4n) is 2.93. The van der Waals surface area contributed by atoms with E-state index in [0.717, 1.165) is 43.2 Å². The number of rotatable bonds is 6. The first kappa shape index (κ1) is 15.3. The van der Waals surface area contributed by atoms with Gasteiger partial charge in [0.05, 0.1) is 0 Å². The first-order valence-electron chi connectivity index (χ1n) is 7.90. The maximum Gasteiger partial charge on any atom is 0.251 e. The van der Waals surface area contributed by atoms with E-state index in [2.05, 4.69) is 37.9 Å². The maximum absolute atomic E-state index is 12.5. The van der Waals surface area contributed by atoms with Crippen molar-refractivity contribution in [1.82, 2.24) is 10.2 Å². The summed E-state index contributed by atoms with van der Waals surface area (Å²) >= 11 is 0. The highest BCUT2D eigenvalue weighted by Gasteiger charge is 2.27.